The summed E-state index contributed by atoms with van der Waals surface area (Å²) < 4.78 is 4.92. The largest absolute Gasteiger partial charge is 0.461 e. The zero-order chi connectivity index (χ0) is 10.7. The molecule has 0 aliphatic heterocycles. The summed E-state index contributed by atoms with van der Waals surface area (Å²) in [7, 11) is 0. The number of esters is 1. The highest BCUT2D eigenvalue weighted by Gasteiger charge is 2.14. The smallest absolute Gasteiger partial charge is 0.356 e. The van der Waals surface area contributed by atoms with E-state index in [0.29, 0.717) is 12.3 Å². The zero-order valence-corrected chi connectivity index (χ0v) is 8.95. The molecule has 1 aromatic rings. The monoisotopic (exact) mass is 205 g/mol. The van der Waals surface area contributed by atoms with Crippen LogP contribution in [-0.4, -0.2) is 17.6 Å². The van der Waals surface area contributed by atoms with Gasteiger partial charge in [0.25, 0.3) is 0 Å². The number of aryl methyl sites for hydroxylation is 2. The lowest BCUT2D eigenvalue weighted by Gasteiger charge is -2.14. The SMILES string of the molecule is CCOC(=O)c1ccc2c(n1)CCCC2. The van der Waals surface area contributed by atoms with E-state index < -0.39 is 0 Å². The molecule has 0 fully saturated rings. The van der Waals surface area contributed by atoms with E-state index in [9.17, 15) is 4.79 Å². The third-order valence-electron chi connectivity index (χ3n) is 2.66. The van der Waals surface area contributed by atoms with Crippen LogP contribution in [0.25, 0.3) is 0 Å². The second-order valence-corrected chi connectivity index (χ2v) is 3.73. The molecule has 15 heavy (non-hydrogen) atoms. The van der Waals surface area contributed by atoms with Crippen molar-refractivity contribution in [1.29, 1.82) is 0 Å². The topological polar surface area (TPSA) is 39.2 Å². The van der Waals surface area contributed by atoms with Crippen molar-refractivity contribution in [2.75, 3.05) is 6.61 Å². The molecule has 1 aliphatic carbocycles. The van der Waals surface area contributed by atoms with Gasteiger partial charge < -0.3 is 4.74 Å². The van der Waals surface area contributed by atoms with Gasteiger partial charge in [-0.15, -0.1) is 0 Å². The lowest BCUT2D eigenvalue weighted by atomic mass is 9.96. The molecule has 0 amide bonds. The maximum atomic E-state index is 11.4. The Balaban J connectivity index is 2.24. The highest BCUT2D eigenvalue weighted by molar-refractivity contribution is 5.87. The molecular formula is C12H15NO2. The number of ether oxygens (including phenoxy) is 1. The molecule has 80 valence electrons. The first-order valence-electron chi connectivity index (χ1n) is 5.47. The summed E-state index contributed by atoms with van der Waals surface area (Å²) in [6.07, 6.45) is 4.48. The van der Waals surface area contributed by atoms with Crippen molar-refractivity contribution in [2.45, 2.75) is 32.6 Å². The van der Waals surface area contributed by atoms with Gasteiger partial charge in [-0.05, 0) is 44.2 Å². The van der Waals surface area contributed by atoms with E-state index in [1.165, 1.54) is 18.4 Å². The summed E-state index contributed by atoms with van der Waals surface area (Å²) in [5.41, 5.74) is 2.80. The molecule has 0 bridgehead atoms. The Bertz CT molecular complexity index is 374. The van der Waals surface area contributed by atoms with Gasteiger partial charge in [0, 0.05) is 5.69 Å². The number of hydrogen-bond acceptors (Lipinski definition) is 3. The molecule has 0 saturated heterocycles. The van der Waals surface area contributed by atoms with Gasteiger partial charge in [0.15, 0.2) is 0 Å². The average Bonchev–Trinajstić information content (AvgIpc) is 2.29. The van der Waals surface area contributed by atoms with E-state index in [0.717, 1.165) is 18.5 Å². The number of aromatic nitrogens is 1. The van der Waals surface area contributed by atoms with Gasteiger partial charge in [0.05, 0.1) is 6.61 Å². The standard InChI is InChI=1S/C12H15NO2/c1-2-15-12(14)11-8-7-9-5-3-4-6-10(9)13-11/h7-8H,2-6H2,1H3. The zero-order valence-electron chi connectivity index (χ0n) is 8.95. The molecule has 3 nitrogen and oxygen atoms in total. The Hall–Kier alpha value is -1.38. The van der Waals surface area contributed by atoms with Gasteiger partial charge >= 0.3 is 5.97 Å². The molecule has 0 radical (unpaired) electrons. The van der Waals surface area contributed by atoms with Gasteiger partial charge in [-0.2, -0.15) is 0 Å². The lowest BCUT2D eigenvalue weighted by molar-refractivity contribution is 0.0519. The molecule has 0 saturated carbocycles. The Morgan fingerprint density at radius 1 is 1.40 bits per heavy atom. The minimum Gasteiger partial charge on any atom is -0.461 e. The number of carbonyl (C=O) groups excluding carboxylic acids is 1. The second-order valence-electron chi connectivity index (χ2n) is 3.73. The van der Waals surface area contributed by atoms with Gasteiger partial charge in [-0.1, -0.05) is 6.07 Å². The van der Waals surface area contributed by atoms with Crippen molar-refractivity contribution in [1.82, 2.24) is 4.98 Å². The van der Waals surface area contributed by atoms with E-state index >= 15 is 0 Å². The molecule has 1 aromatic heterocycles. The summed E-state index contributed by atoms with van der Waals surface area (Å²) in [6.45, 7) is 2.20. The number of hydrogen-bond donors (Lipinski definition) is 0. The van der Waals surface area contributed by atoms with Crippen LogP contribution in [0.3, 0.4) is 0 Å². The molecular weight excluding hydrogens is 190 g/mol. The normalized spacial score (nSPS) is 14.5. The Morgan fingerprint density at radius 3 is 3.00 bits per heavy atom. The van der Waals surface area contributed by atoms with Crippen molar-refractivity contribution in [3.63, 3.8) is 0 Å². The third kappa shape index (κ3) is 2.17. The molecule has 1 heterocycles. The molecule has 0 atom stereocenters. The quantitative estimate of drug-likeness (QED) is 0.694. The highest BCUT2D eigenvalue weighted by Crippen LogP contribution is 2.19. The van der Waals surface area contributed by atoms with Gasteiger partial charge in [-0.3, -0.25) is 0 Å². The van der Waals surface area contributed by atoms with Crippen LogP contribution in [0.5, 0.6) is 0 Å². The molecule has 0 spiro atoms. The van der Waals surface area contributed by atoms with Crippen LogP contribution in [0.1, 0.15) is 41.5 Å². The van der Waals surface area contributed by atoms with Crippen LogP contribution >= 0.6 is 0 Å². The van der Waals surface area contributed by atoms with E-state index in [-0.39, 0.29) is 5.97 Å². The molecule has 0 unspecified atom stereocenters. The summed E-state index contributed by atoms with van der Waals surface area (Å²) in [6, 6.07) is 3.77. The Labute approximate surface area is 89.5 Å². The number of rotatable bonds is 2. The van der Waals surface area contributed by atoms with Crippen LogP contribution in [-0.2, 0) is 17.6 Å². The van der Waals surface area contributed by atoms with Gasteiger partial charge in [0.2, 0.25) is 0 Å². The second kappa shape index (κ2) is 4.43. The van der Waals surface area contributed by atoms with Crippen LogP contribution in [0.15, 0.2) is 12.1 Å². The summed E-state index contributed by atoms with van der Waals surface area (Å²) >= 11 is 0. The molecule has 0 aromatic carbocycles. The fourth-order valence-electron chi connectivity index (χ4n) is 1.90. The highest BCUT2D eigenvalue weighted by atomic mass is 16.5. The lowest BCUT2D eigenvalue weighted by Crippen LogP contribution is -2.12. The van der Waals surface area contributed by atoms with E-state index in [1.807, 2.05) is 6.07 Å². The fraction of sp³-hybridized carbons (Fsp3) is 0.500. The van der Waals surface area contributed by atoms with E-state index in [4.69, 9.17) is 4.74 Å². The minimum atomic E-state index is -0.314. The summed E-state index contributed by atoms with van der Waals surface area (Å²) in [5, 5.41) is 0. The van der Waals surface area contributed by atoms with Crippen molar-refractivity contribution in [2.24, 2.45) is 0 Å². The number of fused-ring (bicyclic) bond motifs is 1. The maximum Gasteiger partial charge on any atom is 0.356 e. The minimum absolute atomic E-state index is 0.314. The summed E-state index contributed by atoms with van der Waals surface area (Å²) in [5.74, 6) is -0.314. The fourth-order valence-corrected chi connectivity index (χ4v) is 1.90. The average molecular weight is 205 g/mol. The van der Waals surface area contributed by atoms with Crippen molar-refractivity contribution in [3.05, 3.63) is 29.1 Å². The van der Waals surface area contributed by atoms with Crippen molar-refractivity contribution < 1.29 is 9.53 Å². The first kappa shape index (κ1) is 10.1. The summed E-state index contributed by atoms with van der Waals surface area (Å²) in [4.78, 5) is 15.8. The van der Waals surface area contributed by atoms with E-state index in [1.54, 1.807) is 13.0 Å². The Morgan fingerprint density at radius 2 is 2.20 bits per heavy atom. The third-order valence-corrected chi connectivity index (χ3v) is 2.66. The molecule has 1 aliphatic rings. The van der Waals surface area contributed by atoms with Crippen LogP contribution in [0.2, 0.25) is 0 Å². The van der Waals surface area contributed by atoms with Crippen molar-refractivity contribution >= 4 is 5.97 Å². The van der Waals surface area contributed by atoms with Gasteiger partial charge in [-0.25, -0.2) is 9.78 Å². The number of carbonyl (C=O) groups is 1. The van der Waals surface area contributed by atoms with Crippen LogP contribution in [0.4, 0.5) is 0 Å². The maximum absolute atomic E-state index is 11.4. The number of pyridine rings is 1. The predicted molar refractivity (Wildman–Crippen MR) is 56.8 cm³/mol. The van der Waals surface area contributed by atoms with E-state index in [2.05, 4.69) is 4.98 Å². The van der Waals surface area contributed by atoms with Crippen LogP contribution < -0.4 is 0 Å². The predicted octanol–water partition coefficient (Wildman–Crippen LogP) is 2.14. The van der Waals surface area contributed by atoms with Gasteiger partial charge in [0.1, 0.15) is 5.69 Å². The molecule has 2 rings (SSSR count). The van der Waals surface area contributed by atoms with Crippen LogP contribution in [0, 0.1) is 0 Å². The van der Waals surface area contributed by atoms with Crippen molar-refractivity contribution in [3.8, 4) is 0 Å². The molecule has 0 N–H and O–H groups in total. The first-order valence-corrected chi connectivity index (χ1v) is 5.47. The molecule has 3 heteroatoms. The Kier molecular flexibility index (Phi) is 2.99. The first-order chi connectivity index (χ1) is 7.31. The number of nitrogens with zero attached hydrogens (tertiary/aromatic N) is 1.